The van der Waals surface area contributed by atoms with Gasteiger partial charge in [0.05, 0.1) is 0 Å². The van der Waals surface area contributed by atoms with E-state index in [0.29, 0.717) is 0 Å². The van der Waals surface area contributed by atoms with E-state index in [1.165, 1.54) is 39.1 Å². The standard InChI is InChI=1S/C12H25N3/c1-10-8-14(3)6-7-15(10)9-12-4-5-13-11(12)2/h10-13H,4-9H2,1-3H3. The molecule has 0 radical (unpaired) electrons. The second-order valence-electron chi connectivity index (χ2n) is 5.40. The molecule has 0 saturated carbocycles. The number of rotatable bonds is 2. The summed E-state index contributed by atoms with van der Waals surface area (Å²) in [6.45, 7) is 10.9. The summed E-state index contributed by atoms with van der Waals surface area (Å²) in [5.74, 6) is 0.871. The molecule has 2 saturated heterocycles. The largest absolute Gasteiger partial charge is 0.314 e. The number of likely N-dealkylation sites (N-methyl/N-ethyl adjacent to an activating group) is 1. The zero-order chi connectivity index (χ0) is 10.8. The topological polar surface area (TPSA) is 18.5 Å². The summed E-state index contributed by atoms with van der Waals surface area (Å²) in [4.78, 5) is 5.12. The predicted octanol–water partition coefficient (Wildman–Crippen LogP) is 0.620. The maximum atomic E-state index is 3.55. The Hall–Kier alpha value is -0.120. The predicted molar refractivity (Wildman–Crippen MR) is 64.1 cm³/mol. The lowest BCUT2D eigenvalue weighted by Gasteiger charge is -2.39. The molecule has 88 valence electrons. The first-order valence-corrected chi connectivity index (χ1v) is 6.33. The Morgan fingerprint density at radius 2 is 2.07 bits per heavy atom. The van der Waals surface area contributed by atoms with Crippen LogP contribution in [0.1, 0.15) is 20.3 Å². The molecule has 3 unspecified atom stereocenters. The van der Waals surface area contributed by atoms with Crippen LogP contribution < -0.4 is 5.32 Å². The van der Waals surface area contributed by atoms with Crippen LogP contribution in [-0.2, 0) is 0 Å². The first-order valence-electron chi connectivity index (χ1n) is 6.33. The van der Waals surface area contributed by atoms with E-state index in [0.717, 1.165) is 18.0 Å². The third kappa shape index (κ3) is 2.71. The summed E-state index contributed by atoms with van der Waals surface area (Å²) >= 11 is 0. The van der Waals surface area contributed by atoms with Gasteiger partial charge in [-0.1, -0.05) is 0 Å². The molecule has 2 heterocycles. The fraction of sp³-hybridized carbons (Fsp3) is 1.00. The lowest BCUT2D eigenvalue weighted by molar-refractivity contribution is 0.0835. The second kappa shape index (κ2) is 4.81. The molecule has 2 aliphatic rings. The molecule has 15 heavy (non-hydrogen) atoms. The summed E-state index contributed by atoms with van der Waals surface area (Å²) < 4.78 is 0. The van der Waals surface area contributed by atoms with Gasteiger partial charge < -0.3 is 10.2 Å². The molecule has 0 amide bonds. The highest BCUT2D eigenvalue weighted by Gasteiger charge is 2.28. The zero-order valence-electron chi connectivity index (χ0n) is 10.4. The zero-order valence-corrected chi connectivity index (χ0v) is 10.4. The van der Waals surface area contributed by atoms with Gasteiger partial charge in [-0.05, 0) is 39.8 Å². The Morgan fingerprint density at radius 1 is 1.27 bits per heavy atom. The third-order valence-electron chi connectivity index (χ3n) is 4.13. The van der Waals surface area contributed by atoms with E-state index in [-0.39, 0.29) is 0 Å². The van der Waals surface area contributed by atoms with Crippen LogP contribution in [0.3, 0.4) is 0 Å². The van der Waals surface area contributed by atoms with Gasteiger partial charge in [-0.15, -0.1) is 0 Å². The fourth-order valence-corrected chi connectivity index (χ4v) is 2.91. The molecule has 1 N–H and O–H groups in total. The maximum Gasteiger partial charge on any atom is 0.0195 e. The van der Waals surface area contributed by atoms with Crippen LogP contribution in [0, 0.1) is 5.92 Å². The van der Waals surface area contributed by atoms with Gasteiger partial charge in [0.2, 0.25) is 0 Å². The Kier molecular flexibility index (Phi) is 3.65. The van der Waals surface area contributed by atoms with Crippen LogP contribution in [0.25, 0.3) is 0 Å². The van der Waals surface area contributed by atoms with E-state index >= 15 is 0 Å². The molecule has 2 aliphatic heterocycles. The van der Waals surface area contributed by atoms with E-state index < -0.39 is 0 Å². The van der Waals surface area contributed by atoms with Crippen molar-refractivity contribution in [1.29, 1.82) is 0 Å². The lowest BCUT2D eigenvalue weighted by Crippen LogP contribution is -2.52. The van der Waals surface area contributed by atoms with Gasteiger partial charge in [-0.2, -0.15) is 0 Å². The molecule has 3 nitrogen and oxygen atoms in total. The van der Waals surface area contributed by atoms with Crippen molar-refractivity contribution in [1.82, 2.24) is 15.1 Å². The van der Waals surface area contributed by atoms with Gasteiger partial charge in [0.15, 0.2) is 0 Å². The van der Waals surface area contributed by atoms with Crippen molar-refractivity contribution in [3.8, 4) is 0 Å². The van der Waals surface area contributed by atoms with Gasteiger partial charge in [-0.25, -0.2) is 0 Å². The highest BCUT2D eigenvalue weighted by atomic mass is 15.3. The highest BCUT2D eigenvalue weighted by molar-refractivity contribution is 4.86. The van der Waals surface area contributed by atoms with E-state index in [4.69, 9.17) is 0 Å². The molecule has 0 aromatic carbocycles. The minimum Gasteiger partial charge on any atom is -0.314 e. The van der Waals surface area contributed by atoms with Crippen LogP contribution in [-0.4, -0.2) is 61.7 Å². The van der Waals surface area contributed by atoms with Gasteiger partial charge in [-0.3, -0.25) is 4.90 Å². The number of piperazine rings is 1. The van der Waals surface area contributed by atoms with Crippen molar-refractivity contribution in [3.05, 3.63) is 0 Å². The van der Waals surface area contributed by atoms with Crippen molar-refractivity contribution in [3.63, 3.8) is 0 Å². The average molecular weight is 211 g/mol. The molecule has 0 spiro atoms. The summed E-state index contributed by atoms with van der Waals surface area (Å²) in [5, 5.41) is 3.55. The molecule has 3 heteroatoms. The Morgan fingerprint density at radius 3 is 2.67 bits per heavy atom. The maximum absolute atomic E-state index is 3.55. The van der Waals surface area contributed by atoms with Gasteiger partial charge >= 0.3 is 0 Å². The normalized spacial score (nSPS) is 39.8. The average Bonchev–Trinajstić information content (AvgIpc) is 2.57. The van der Waals surface area contributed by atoms with Crippen LogP contribution >= 0.6 is 0 Å². The van der Waals surface area contributed by atoms with Crippen molar-refractivity contribution < 1.29 is 0 Å². The smallest absolute Gasteiger partial charge is 0.0195 e. The minimum absolute atomic E-state index is 0.719. The molecular formula is C12H25N3. The molecule has 2 fully saturated rings. The van der Waals surface area contributed by atoms with Crippen LogP contribution in [0.15, 0.2) is 0 Å². The van der Waals surface area contributed by atoms with Crippen molar-refractivity contribution in [2.24, 2.45) is 5.92 Å². The van der Waals surface area contributed by atoms with E-state index in [1.807, 2.05) is 0 Å². The Labute approximate surface area is 93.8 Å². The van der Waals surface area contributed by atoms with Crippen LogP contribution in [0.5, 0.6) is 0 Å². The molecule has 0 aromatic heterocycles. The number of hydrogen-bond acceptors (Lipinski definition) is 3. The second-order valence-corrected chi connectivity index (χ2v) is 5.40. The van der Waals surface area contributed by atoms with Crippen LogP contribution in [0.4, 0.5) is 0 Å². The van der Waals surface area contributed by atoms with Gasteiger partial charge in [0.1, 0.15) is 0 Å². The summed E-state index contributed by atoms with van der Waals surface area (Å²) in [6.07, 6.45) is 1.36. The Bertz CT molecular complexity index is 207. The number of nitrogens with one attached hydrogen (secondary N) is 1. The molecule has 0 bridgehead atoms. The molecule has 3 atom stereocenters. The van der Waals surface area contributed by atoms with Crippen molar-refractivity contribution >= 4 is 0 Å². The van der Waals surface area contributed by atoms with E-state index in [2.05, 4.69) is 36.0 Å². The lowest BCUT2D eigenvalue weighted by atomic mass is 10.00. The number of nitrogens with zero attached hydrogens (tertiary/aromatic N) is 2. The molecular weight excluding hydrogens is 186 g/mol. The monoisotopic (exact) mass is 211 g/mol. The van der Waals surface area contributed by atoms with Gasteiger partial charge in [0, 0.05) is 38.3 Å². The summed E-state index contributed by atoms with van der Waals surface area (Å²) in [6, 6.07) is 1.45. The first-order chi connectivity index (χ1) is 7.16. The SMILES string of the molecule is CC1NCCC1CN1CCN(C)CC1C. The minimum atomic E-state index is 0.719. The van der Waals surface area contributed by atoms with Gasteiger partial charge in [0.25, 0.3) is 0 Å². The third-order valence-corrected chi connectivity index (χ3v) is 4.13. The molecule has 0 aromatic rings. The first kappa shape index (κ1) is 11.4. The highest BCUT2D eigenvalue weighted by Crippen LogP contribution is 2.19. The molecule has 2 rings (SSSR count). The summed E-state index contributed by atoms with van der Waals surface area (Å²) in [7, 11) is 2.23. The quantitative estimate of drug-likeness (QED) is 0.722. The fourth-order valence-electron chi connectivity index (χ4n) is 2.91. The van der Waals surface area contributed by atoms with Crippen LogP contribution in [0.2, 0.25) is 0 Å². The summed E-state index contributed by atoms with van der Waals surface area (Å²) in [5.41, 5.74) is 0. The van der Waals surface area contributed by atoms with Crippen molar-refractivity contribution in [2.45, 2.75) is 32.4 Å². The number of hydrogen-bond donors (Lipinski definition) is 1. The molecule has 0 aliphatic carbocycles. The van der Waals surface area contributed by atoms with Crippen molar-refractivity contribution in [2.75, 3.05) is 39.8 Å². The van der Waals surface area contributed by atoms with E-state index in [1.54, 1.807) is 0 Å². The van der Waals surface area contributed by atoms with E-state index in [9.17, 15) is 0 Å². The Balaban J connectivity index is 1.83.